The van der Waals surface area contributed by atoms with Gasteiger partial charge in [-0.1, -0.05) is 6.07 Å². The molecule has 3 rings (SSSR count). The zero-order valence-corrected chi connectivity index (χ0v) is 11.9. The highest BCUT2D eigenvalue weighted by atomic mass is 32.1. The Hall–Kier alpha value is -2.52. The molecule has 104 valence electrons. The number of thiophene rings is 1. The van der Waals surface area contributed by atoms with Gasteiger partial charge in [-0.2, -0.15) is 5.26 Å². The van der Waals surface area contributed by atoms with Crippen LogP contribution in [0.15, 0.2) is 34.7 Å². The number of aromatic nitrogens is 2. The molecule has 0 aliphatic rings. The lowest BCUT2D eigenvalue weighted by molar-refractivity contribution is 0.595. The number of aryl methyl sites for hydroxylation is 1. The smallest absolute Gasteiger partial charge is 0.271 e. The predicted molar refractivity (Wildman–Crippen MR) is 78.8 cm³/mol. The topological polar surface area (TPSA) is 58.7 Å². The van der Waals surface area contributed by atoms with E-state index in [1.165, 1.54) is 40.4 Å². The van der Waals surface area contributed by atoms with Crippen LogP contribution < -0.4 is 5.56 Å². The number of fused-ring (bicyclic) bond motifs is 1. The van der Waals surface area contributed by atoms with E-state index >= 15 is 0 Å². The molecule has 21 heavy (non-hydrogen) atoms. The van der Waals surface area contributed by atoms with Crippen molar-refractivity contribution in [1.82, 2.24) is 9.55 Å². The number of nitrogens with zero attached hydrogens (tertiary/aromatic N) is 3. The summed E-state index contributed by atoms with van der Waals surface area (Å²) in [6, 6.07) is 6.10. The molecule has 6 heteroatoms. The number of hydrogen-bond donors (Lipinski definition) is 0. The molecule has 0 saturated carbocycles. The maximum absolute atomic E-state index is 13.9. The largest absolute Gasteiger partial charge is 0.293 e. The summed E-state index contributed by atoms with van der Waals surface area (Å²) >= 11 is 1.34. The Labute approximate surface area is 123 Å². The molecule has 0 bridgehead atoms. The first kappa shape index (κ1) is 13.5. The van der Waals surface area contributed by atoms with Gasteiger partial charge in [-0.15, -0.1) is 11.3 Å². The Bertz CT molecular complexity index is 936. The van der Waals surface area contributed by atoms with E-state index in [1.54, 1.807) is 0 Å². The van der Waals surface area contributed by atoms with E-state index in [0.29, 0.717) is 15.8 Å². The summed E-state index contributed by atoms with van der Waals surface area (Å²) in [6.45, 7) is 1.99. The van der Waals surface area contributed by atoms with Crippen molar-refractivity contribution in [2.75, 3.05) is 0 Å². The van der Waals surface area contributed by atoms with Gasteiger partial charge in [0.05, 0.1) is 30.0 Å². The molecule has 0 saturated heterocycles. The highest BCUT2D eigenvalue weighted by Crippen LogP contribution is 2.19. The van der Waals surface area contributed by atoms with Crippen molar-refractivity contribution in [3.63, 3.8) is 0 Å². The highest BCUT2D eigenvalue weighted by molar-refractivity contribution is 7.17. The highest BCUT2D eigenvalue weighted by Gasteiger charge is 2.10. The summed E-state index contributed by atoms with van der Waals surface area (Å²) < 4.78 is 15.8. The Morgan fingerprint density at radius 1 is 1.48 bits per heavy atom. The van der Waals surface area contributed by atoms with Crippen LogP contribution in [-0.4, -0.2) is 9.55 Å². The fourth-order valence-electron chi connectivity index (χ4n) is 2.10. The molecular weight excluding hydrogens is 289 g/mol. The molecule has 3 aromatic rings. The molecule has 0 spiro atoms. The molecule has 2 heterocycles. The van der Waals surface area contributed by atoms with Gasteiger partial charge in [0.1, 0.15) is 10.5 Å². The van der Waals surface area contributed by atoms with E-state index in [4.69, 9.17) is 5.26 Å². The van der Waals surface area contributed by atoms with Gasteiger partial charge in [0.25, 0.3) is 5.56 Å². The van der Waals surface area contributed by atoms with Crippen molar-refractivity contribution >= 4 is 21.6 Å². The lowest BCUT2D eigenvalue weighted by atomic mass is 10.1. The average molecular weight is 299 g/mol. The quantitative estimate of drug-likeness (QED) is 0.731. The molecule has 0 aliphatic heterocycles. The molecule has 4 nitrogen and oxygen atoms in total. The van der Waals surface area contributed by atoms with Gasteiger partial charge < -0.3 is 0 Å². The number of benzene rings is 1. The average Bonchev–Trinajstić information content (AvgIpc) is 2.86. The van der Waals surface area contributed by atoms with Crippen LogP contribution in [-0.2, 0) is 6.54 Å². The Morgan fingerprint density at radius 2 is 2.29 bits per heavy atom. The standard InChI is InChI=1S/C15H10FN3OS/c1-9-7-21-14-13(9)18-8-19(15(14)20)6-11-3-2-10(5-17)4-12(11)16/h2-4,7-8H,6H2,1H3. The number of nitriles is 1. The van der Waals surface area contributed by atoms with E-state index in [2.05, 4.69) is 4.98 Å². The summed E-state index contributed by atoms with van der Waals surface area (Å²) in [4.78, 5) is 16.6. The van der Waals surface area contributed by atoms with Crippen LogP contribution in [0, 0.1) is 24.1 Å². The van der Waals surface area contributed by atoms with Crippen molar-refractivity contribution in [3.05, 3.63) is 62.8 Å². The van der Waals surface area contributed by atoms with Gasteiger partial charge in [0.15, 0.2) is 0 Å². The number of hydrogen-bond acceptors (Lipinski definition) is 4. The number of rotatable bonds is 2. The maximum atomic E-state index is 13.9. The summed E-state index contributed by atoms with van der Waals surface area (Å²) in [5, 5.41) is 10.6. The van der Waals surface area contributed by atoms with E-state index in [-0.39, 0.29) is 17.7 Å². The monoisotopic (exact) mass is 299 g/mol. The van der Waals surface area contributed by atoms with Crippen LogP contribution in [0.25, 0.3) is 10.2 Å². The second-order valence-corrected chi connectivity index (χ2v) is 5.57. The van der Waals surface area contributed by atoms with E-state index in [1.807, 2.05) is 18.4 Å². The SMILES string of the molecule is Cc1csc2c(=O)n(Cc3ccc(C#N)cc3F)cnc12. The Balaban J connectivity index is 2.05. The summed E-state index contributed by atoms with van der Waals surface area (Å²) in [7, 11) is 0. The summed E-state index contributed by atoms with van der Waals surface area (Å²) in [5.74, 6) is -0.497. The summed E-state index contributed by atoms with van der Waals surface area (Å²) in [6.07, 6.45) is 1.43. The zero-order valence-electron chi connectivity index (χ0n) is 11.1. The fourth-order valence-corrected chi connectivity index (χ4v) is 3.05. The first-order valence-corrected chi connectivity index (χ1v) is 7.10. The lowest BCUT2D eigenvalue weighted by Gasteiger charge is -2.07. The molecule has 2 aromatic heterocycles. The number of halogens is 1. The van der Waals surface area contributed by atoms with Crippen LogP contribution in [0.5, 0.6) is 0 Å². The Morgan fingerprint density at radius 3 is 3.00 bits per heavy atom. The third-order valence-electron chi connectivity index (χ3n) is 3.25. The van der Waals surface area contributed by atoms with Crippen LogP contribution in [0.2, 0.25) is 0 Å². The van der Waals surface area contributed by atoms with Gasteiger partial charge in [-0.3, -0.25) is 9.36 Å². The molecule has 0 atom stereocenters. The van der Waals surface area contributed by atoms with E-state index in [0.717, 1.165) is 5.56 Å². The van der Waals surface area contributed by atoms with Gasteiger partial charge in [0.2, 0.25) is 0 Å². The Kier molecular flexibility index (Phi) is 3.28. The third-order valence-corrected chi connectivity index (χ3v) is 4.32. The van der Waals surface area contributed by atoms with Crippen LogP contribution in [0.4, 0.5) is 4.39 Å². The molecule has 0 radical (unpaired) electrons. The van der Waals surface area contributed by atoms with Gasteiger partial charge in [-0.25, -0.2) is 9.37 Å². The van der Waals surface area contributed by atoms with E-state index in [9.17, 15) is 9.18 Å². The summed E-state index contributed by atoms with van der Waals surface area (Å²) in [5.41, 5.74) is 2.09. The van der Waals surface area contributed by atoms with Gasteiger partial charge in [0, 0.05) is 5.56 Å². The van der Waals surface area contributed by atoms with Crippen LogP contribution in [0.1, 0.15) is 16.7 Å². The van der Waals surface area contributed by atoms with E-state index < -0.39 is 5.82 Å². The molecular formula is C15H10FN3OS. The molecule has 0 aliphatic carbocycles. The first-order valence-electron chi connectivity index (χ1n) is 6.22. The third kappa shape index (κ3) is 2.32. The minimum Gasteiger partial charge on any atom is -0.293 e. The normalized spacial score (nSPS) is 10.7. The van der Waals surface area contributed by atoms with Crippen LogP contribution in [0.3, 0.4) is 0 Å². The minimum absolute atomic E-state index is 0.0935. The molecule has 1 aromatic carbocycles. The van der Waals surface area contributed by atoms with Crippen molar-refractivity contribution in [3.8, 4) is 6.07 Å². The van der Waals surface area contributed by atoms with Gasteiger partial charge in [-0.05, 0) is 30.0 Å². The van der Waals surface area contributed by atoms with Crippen LogP contribution >= 0.6 is 11.3 Å². The fraction of sp³-hybridized carbons (Fsp3) is 0.133. The minimum atomic E-state index is -0.497. The van der Waals surface area contributed by atoms with Crippen molar-refractivity contribution in [2.45, 2.75) is 13.5 Å². The second-order valence-electron chi connectivity index (χ2n) is 4.69. The second kappa shape index (κ2) is 5.11. The molecule has 0 amide bonds. The molecule has 0 N–H and O–H groups in total. The van der Waals surface area contributed by atoms with Crippen molar-refractivity contribution < 1.29 is 4.39 Å². The van der Waals surface area contributed by atoms with Crippen molar-refractivity contribution in [1.29, 1.82) is 5.26 Å². The molecule has 0 fully saturated rings. The zero-order chi connectivity index (χ0) is 15.0. The first-order chi connectivity index (χ1) is 10.1. The van der Waals surface area contributed by atoms with Crippen molar-refractivity contribution in [2.24, 2.45) is 0 Å². The lowest BCUT2D eigenvalue weighted by Crippen LogP contribution is -2.20. The van der Waals surface area contributed by atoms with Gasteiger partial charge >= 0.3 is 0 Å². The predicted octanol–water partition coefficient (Wildman–Crippen LogP) is 2.83. The molecule has 0 unspecified atom stereocenters. The maximum Gasteiger partial charge on any atom is 0.271 e.